The fourth-order valence-corrected chi connectivity index (χ4v) is 5.43. The van der Waals surface area contributed by atoms with E-state index in [2.05, 4.69) is 45.7 Å². The quantitative estimate of drug-likeness (QED) is 0.0172. The molecule has 2 aromatic carbocycles. The molecular weight excluding hydrogens is 757 g/mol. The Labute approximate surface area is 349 Å². The van der Waals surface area contributed by atoms with Crippen LogP contribution in [0.4, 0.5) is 5.69 Å². The van der Waals surface area contributed by atoms with Gasteiger partial charge in [-0.2, -0.15) is 0 Å². The van der Waals surface area contributed by atoms with Crippen molar-refractivity contribution in [3.05, 3.63) is 108 Å². The lowest BCUT2D eigenvalue weighted by Crippen LogP contribution is -2.44. The number of allylic oxidation sites excluding steroid dienone is 1. The van der Waals surface area contributed by atoms with E-state index in [9.17, 15) is 19.5 Å². The molecule has 321 valence electrons. The molecule has 0 fully saturated rings. The predicted molar refractivity (Wildman–Crippen MR) is 233 cm³/mol. The van der Waals surface area contributed by atoms with E-state index in [1.807, 2.05) is 51.1 Å². The molecule has 0 spiro atoms. The molecule has 1 aliphatic rings. The number of nitrogens with zero attached hydrogens (tertiary/aromatic N) is 1. The number of ether oxygens (including phenoxy) is 2. The maximum Gasteiger partial charge on any atom is 0.482 e. The summed E-state index contributed by atoms with van der Waals surface area (Å²) in [5, 5.41) is 53.2. The number of fused-ring (bicyclic) bond motifs is 1. The third-order valence-electron chi connectivity index (χ3n) is 8.40. The number of guanidine groups is 1. The summed E-state index contributed by atoms with van der Waals surface area (Å²) in [5.41, 5.74) is 2.10. The summed E-state index contributed by atoms with van der Waals surface area (Å²) in [7, 11) is 1.69. The second kappa shape index (κ2) is 29.2. The number of phenolic OH excluding ortho intramolecular Hbond substituents is 1. The van der Waals surface area contributed by atoms with Crippen molar-refractivity contribution in [2.75, 3.05) is 32.1 Å². The van der Waals surface area contributed by atoms with Crippen molar-refractivity contribution in [1.29, 1.82) is 0 Å². The fraction of sp³-hybridized carbons (Fsp3) is 0.395. The molecule has 2 aromatic rings. The number of terminal acetylenes is 1. The number of hydrogen-bond donors (Lipinski definition) is 9. The van der Waals surface area contributed by atoms with Crippen LogP contribution < -0.4 is 21.3 Å². The number of aliphatic hydroxyl groups is 2. The first kappa shape index (κ1) is 53.0. The molecule has 0 bridgehead atoms. The van der Waals surface area contributed by atoms with E-state index in [1.165, 1.54) is 19.1 Å². The zero-order chi connectivity index (χ0) is 45.0. The topological polar surface area (TPSA) is 231 Å². The number of phenols is 1. The molecule has 3 rings (SSSR count). The Hall–Kier alpha value is -6.02. The zero-order valence-electron chi connectivity index (χ0n) is 35.2. The molecule has 0 saturated carbocycles. The van der Waals surface area contributed by atoms with Gasteiger partial charge in [-0.1, -0.05) is 57.0 Å². The van der Waals surface area contributed by atoms with Gasteiger partial charge >= 0.3 is 13.7 Å². The normalized spacial score (nSPS) is 16.4. The number of anilines is 1. The van der Waals surface area contributed by atoms with Crippen molar-refractivity contribution in [3.8, 4) is 18.1 Å². The summed E-state index contributed by atoms with van der Waals surface area (Å²) in [6.45, 7) is 17.7. The van der Waals surface area contributed by atoms with Crippen LogP contribution in [0, 0.1) is 31.1 Å². The third-order valence-corrected chi connectivity index (χ3v) is 8.40. The highest BCUT2D eigenvalue weighted by molar-refractivity contribution is 6.13. The van der Waals surface area contributed by atoms with Crippen LogP contribution >= 0.6 is 0 Å². The van der Waals surface area contributed by atoms with Gasteiger partial charge in [0, 0.05) is 43.6 Å². The Morgan fingerprint density at radius 2 is 1.78 bits per heavy atom. The largest absolute Gasteiger partial charge is 0.516 e. The molecule has 15 nitrogen and oxygen atoms in total. The van der Waals surface area contributed by atoms with Gasteiger partial charge in [0.1, 0.15) is 17.6 Å². The van der Waals surface area contributed by atoms with Crippen LogP contribution in [0.1, 0.15) is 69.4 Å². The van der Waals surface area contributed by atoms with Crippen LogP contribution in [0.3, 0.4) is 0 Å². The van der Waals surface area contributed by atoms with Crippen molar-refractivity contribution in [2.45, 2.75) is 72.6 Å². The number of aliphatic hydroxyl groups excluding tert-OH is 2. The predicted octanol–water partition coefficient (Wildman–Crippen LogP) is 4.85. The van der Waals surface area contributed by atoms with Crippen molar-refractivity contribution in [1.82, 2.24) is 16.0 Å². The molecular formula is C43H61BN5O10. The number of aryl methyl sites for hydroxylation is 1. The van der Waals surface area contributed by atoms with E-state index in [0.29, 0.717) is 17.3 Å². The number of aliphatic imine (C=N–C) groups is 1. The van der Waals surface area contributed by atoms with E-state index in [1.54, 1.807) is 51.2 Å². The van der Waals surface area contributed by atoms with Crippen molar-refractivity contribution in [3.63, 3.8) is 0 Å². The number of amides is 2. The van der Waals surface area contributed by atoms with Crippen LogP contribution in [-0.2, 0) is 24.7 Å². The molecule has 16 heteroatoms. The fourth-order valence-electron chi connectivity index (χ4n) is 5.43. The van der Waals surface area contributed by atoms with Gasteiger partial charge in [0.15, 0.2) is 11.6 Å². The summed E-state index contributed by atoms with van der Waals surface area (Å²) in [6, 6.07) is 12.2. The van der Waals surface area contributed by atoms with E-state index in [0.717, 1.165) is 36.0 Å². The number of carbonyl (C=O) groups is 3. The lowest BCUT2D eigenvalue weighted by atomic mass is 9.73. The van der Waals surface area contributed by atoms with Crippen LogP contribution in [0.2, 0.25) is 0 Å². The number of esters is 1. The maximum atomic E-state index is 13.0. The lowest BCUT2D eigenvalue weighted by Gasteiger charge is -2.37. The number of rotatable bonds is 15. The molecule has 0 saturated heterocycles. The minimum Gasteiger partial charge on any atom is -0.516 e. The van der Waals surface area contributed by atoms with Gasteiger partial charge in [-0.15, -0.1) is 13.0 Å². The highest BCUT2D eigenvalue weighted by Gasteiger charge is 2.51. The number of hydrogen-bond acceptors (Lipinski definition) is 11. The SMILES string of the molecule is C#CCNC(=O)C(C)NC(C)=O.C=CC(C)C1(C(C)/C=C\C(O)=C/COC(C)/C=C/O)OC(=O)c2cc(NC(=NC)NCCC)ccc21.Cc1cccc(O)c1.O[B]O. The maximum absolute atomic E-state index is 13.0. The van der Waals surface area contributed by atoms with Gasteiger partial charge < -0.3 is 56.1 Å². The van der Waals surface area contributed by atoms with Gasteiger partial charge in [-0.05, 0) is 75.2 Å². The number of nitrogens with one attached hydrogen (secondary N) is 4. The molecule has 0 aliphatic carbocycles. The molecule has 5 atom stereocenters. The Bertz CT molecular complexity index is 1770. The second-order valence-corrected chi connectivity index (χ2v) is 13.0. The first-order valence-corrected chi connectivity index (χ1v) is 18.8. The lowest BCUT2D eigenvalue weighted by molar-refractivity contribution is -0.127. The summed E-state index contributed by atoms with van der Waals surface area (Å²) in [4.78, 5) is 38.8. The van der Waals surface area contributed by atoms with Crippen LogP contribution in [0.5, 0.6) is 5.75 Å². The standard InChI is InChI=1S/C28H39N3O5.C8H12N2O2.C7H8O.BH2O2/c1-7-15-30-27(29-6)31-22-10-12-25-24(18-22)26(34)36-28(25,19(3)8-2)20(4)9-11-23(33)14-17-35-21(5)13-16-32;1-4-5-9-8(12)6(2)10-7(3)11;1-6-3-2-4-7(8)5-6;2-1-3/h8-14,16,18-21,32-33H,2,7,15,17H2,1,3-6H3,(H2,29,30,31);1,6H,5H2,2-3H3,(H,9,12)(H,10,11);2-5,8H,1H3;2-3H/b11-9-,16-13+,23-14+;;;. The van der Waals surface area contributed by atoms with E-state index >= 15 is 0 Å². The monoisotopic (exact) mass is 818 g/mol. The highest BCUT2D eigenvalue weighted by Crippen LogP contribution is 2.49. The number of cyclic esters (lactones) is 1. The van der Waals surface area contributed by atoms with Gasteiger partial charge in [0.05, 0.1) is 31.1 Å². The average molecular weight is 819 g/mol. The first-order valence-electron chi connectivity index (χ1n) is 18.8. The van der Waals surface area contributed by atoms with Gasteiger partial charge in [-0.25, -0.2) is 4.79 Å². The molecule has 59 heavy (non-hydrogen) atoms. The summed E-state index contributed by atoms with van der Waals surface area (Å²) in [5.74, 6) is 1.86. The van der Waals surface area contributed by atoms with Crippen molar-refractivity contribution < 1.29 is 49.2 Å². The molecule has 1 aliphatic heterocycles. The summed E-state index contributed by atoms with van der Waals surface area (Å²) in [6.07, 6.45) is 14.7. The van der Waals surface area contributed by atoms with Gasteiger partial charge in [0.2, 0.25) is 11.8 Å². The Morgan fingerprint density at radius 3 is 2.31 bits per heavy atom. The minimum absolute atomic E-state index is 0. The minimum atomic E-state index is -0.970. The van der Waals surface area contributed by atoms with E-state index in [4.69, 9.17) is 36.2 Å². The average Bonchev–Trinajstić information content (AvgIpc) is 3.49. The van der Waals surface area contributed by atoms with E-state index in [-0.39, 0.29) is 56.4 Å². The Morgan fingerprint density at radius 1 is 1.10 bits per heavy atom. The van der Waals surface area contributed by atoms with E-state index < -0.39 is 17.6 Å². The summed E-state index contributed by atoms with van der Waals surface area (Å²) >= 11 is 0. The van der Waals surface area contributed by atoms with Crippen LogP contribution in [0.25, 0.3) is 0 Å². The van der Waals surface area contributed by atoms with Gasteiger partial charge in [-0.3, -0.25) is 14.6 Å². The van der Waals surface area contributed by atoms with Crippen molar-refractivity contribution in [2.24, 2.45) is 16.8 Å². The first-order chi connectivity index (χ1) is 28.0. The van der Waals surface area contributed by atoms with Crippen molar-refractivity contribution >= 4 is 37.1 Å². The third kappa shape index (κ3) is 19.3. The number of aromatic hydroxyl groups is 1. The van der Waals surface area contributed by atoms with Gasteiger partial charge in [0.25, 0.3) is 0 Å². The zero-order valence-corrected chi connectivity index (χ0v) is 35.2. The highest BCUT2D eigenvalue weighted by atomic mass is 16.6. The molecule has 9 N–H and O–H groups in total. The molecule has 5 unspecified atom stereocenters. The smallest absolute Gasteiger partial charge is 0.482 e. The summed E-state index contributed by atoms with van der Waals surface area (Å²) < 4.78 is 11.5. The molecule has 1 heterocycles. The number of benzene rings is 2. The van der Waals surface area contributed by atoms with Crippen LogP contribution in [0.15, 0.2) is 96.4 Å². The Balaban J connectivity index is 0.00000118. The molecule has 1 radical (unpaired) electrons. The Kier molecular flexibility index (Phi) is 26.3. The molecule has 2 amide bonds. The van der Waals surface area contributed by atoms with Crippen LogP contribution in [-0.4, -0.2) is 95.7 Å². The molecule has 0 aromatic heterocycles. The number of carbonyl (C=O) groups excluding carboxylic acids is 3. The second-order valence-electron chi connectivity index (χ2n) is 13.0.